The molecule has 0 saturated carbocycles. The summed E-state index contributed by atoms with van der Waals surface area (Å²) in [6.07, 6.45) is 0. The second-order valence-electron chi connectivity index (χ2n) is 3.76. The third-order valence-corrected chi connectivity index (χ3v) is 4.99. The van der Waals surface area contributed by atoms with E-state index in [1.54, 1.807) is 30.3 Å². The molecule has 0 unspecified atom stereocenters. The number of fused-ring (bicyclic) bond motifs is 1. The van der Waals surface area contributed by atoms with Gasteiger partial charge in [-0.3, -0.25) is 5.11 Å². The molecule has 0 amide bonds. The van der Waals surface area contributed by atoms with Crippen molar-refractivity contribution in [1.29, 1.82) is 0 Å². The molecule has 0 atom stereocenters. The van der Waals surface area contributed by atoms with E-state index >= 15 is 0 Å². The normalized spacial score (nSPS) is 12.9. The Bertz CT molecular complexity index is 589. The molecule has 0 aliphatic rings. The molecule has 0 bridgehead atoms. The van der Waals surface area contributed by atoms with Gasteiger partial charge in [0.1, 0.15) is 0 Å². The van der Waals surface area contributed by atoms with Crippen LogP contribution in [0.5, 0.6) is 5.75 Å². The highest BCUT2D eigenvalue weighted by atomic mass is 35.6. The van der Waals surface area contributed by atoms with Crippen LogP contribution < -0.4 is 0 Å². The largest absolute Gasteiger partial charge is 0.289 e. The minimum absolute atomic E-state index is 0.136. The van der Waals surface area contributed by atoms with Gasteiger partial charge in [0.05, 0.1) is 0 Å². The Balaban J connectivity index is 2.64. The third kappa shape index (κ3) is 2.48. The Hall–Kier alpha value is -0.0500. The molecule has 2 aromatic carbocycles. The zero-order chi connectivity index (χ0) is 13.6. The fraction of sp³-hybridized carbons (Fsp3) is 0.167. The first kappa shape index (κ1) is 14.4. The van der Waals surface area contributed by atoms with E-state index in [0.717, 1.165) is 5.39 Å². The molecule has 0 fully saturated rings. The summed E-state index contributed by atoms with van der Waals surface area (Å²) in [4.78, 5) is 0. The van der Waals surface area contributed by atoms with Gasteiger partial charge >= 0.3 is 0 Å². The summed E-state index contributed by atoms with van der Waals surface area (Å²) in [5.74, 6) is -0.136. The molecule has 2 rings (SSSR count). The molecule has 6 heteroatoms. The molecule has 1 radical (unpaired) electrons. The molecule has 2 aromatic rings. The molecule has 18 heavy (non-hydrogen) atoms. The van der Waals surface area contributed by atoms with Crippen molar-refractivity contribution in [1.82, 2.24) is 0 Å². The Kier molecular flexibility index (Phi) is 3.84. The molecular formula is C12H6Cl5O. The molecule has 0 aromatic heterocycles. The Morgan fingerprint density at radius 3 is 2.17 bits per heavy atom. The van der Waals surface area contributed by atoms with Crippen molar-refractivity contribution < 1.29 is 5.11 Å². The van der Waals surface area contributed by atoms with Gasteiger partial charge in [0.2, 0.25) is 3.79 Å². The average Bonchev–Trinajstić information content (AvgIpc) is 2.27. The van der Waals surface area contributed by atoms with Crippen molar-refractivity contribution in [3.8, 4) is 5.75 Å². The fourth-order valence-corrected chi connectivity index (χ4v) is 2.17. The lowest BCUT2D eigenvalue weighted by Crippen LogP contribution is -2.28. The SMILES string of the molecule is [O]c1cccc2ccc(C(Cl)(Cl)C(Cl)(Cl)Cl)cc12. The lowest BCUT2D eigenvalue weighted by atomic mass is 10.0. The monoisotopic (exact) mass is 341 g/mol. The average molecular weight is 343 g/mol. The van der Waals surface area contributed by atoms with E-state index in [9.17, 15) is 5.11 Å². The second-order valence-corrected chi connectivity index (χ2v) is 7.37. The quantitative estimate of drug-likeness (QED) is 0.567. The van der Waals surface area contributed by atoms with Gasteiger partial charge in [0, 0.05) is 5.39 Å². The van der Waals surface area contributed by atoms with Crippen LogP contribution in [0.15, 0.2) is 36.4 Å². The molecule has 0 spiro atoms. The van der Waals surface area contributed by atoms with Crippen LogP contribution in [0.4, 0.5) is 0 Å². The van der Waals surface area contributed by atoms with Crippen LogP contribution in [0.2, 0.25) is 0 Å². The zero-order valence-electron chi connectivity index (χ0n) is 8.76. The predicted octanol–water partition coefficient (Wildman–Crippen LogP) is 5.98. The molecule has 0 heterocycles. The van der Waals surface area contributed by atoms with E-state index in [0.29, 0.717) is 10.9 Å². The number of alkyl halides is 5. The van der Waals surface area contributed by atoms with Gasteiger partial charge in [-0.2, -0.15) is 0 Å². The number of hydrogen-bond donors (Lipinski definition) is 0. The zero-order valence-corrected chi connectivity index (χ0v) is 12.5. The smallest absolute Gasteiger partial charge is 0.227 e. The third-order valence-electron chi connectivity index (χ3n) is 2.56. The molecule has 1 nitrogen and oxygen atoms in total. The standard InChI is InChI=1S/C12H6Cl5O/c13-11(14,12(15,16)17)8-5-4-7-2-1-3-10(18)9(7)6-8/h1-6H. The summed E-state index contributed by atoms with van der Waals surface area (Å²) in [6.45, 7) is 0. The van der Waals surface area contributed by atoms with Crippen LogP contribution in [-0.2, 0) is 9.44 Å². The summed E-state index contributed by atoms with van der Waals surface area (Å²) in [5.41, 5.74) is 0.363. The van der Waals surface area contributed by atoms with Gasteiger partial charge in [-0.05, 0) is 23.1 Å². The molecule has 0 saturated heterocycles. The van der Waals surface area contributed by atoms with Crippen LogP contribution in [0.3, 0.4) is 0 Å². The van der Waals surface area contributed by atoms with Crippen LogP contribution in [-0.4, -0.2) is 3.79 Å². The predicted molar refractivity (Wildman–Crippen MR) is 77.8 cm³/mol. The van der Waals surface area contributed by atoms with Crippen LogP contribution in [0, 0.1) is 0 Å². The summed E-state index contributed by atoms with van der Waals surface area (Å²) < 4.78 is -3.63. The van der Waals surface area contributed by atoms with Crippen LogP contribution >= 0.6 is 58.0 Å². The maximum absolute atomic E-state index is 11.7. The lowest BCUT2D eigenvalue weighted by molar-refractivity contribution is 0.360. The first-order valence-corrected chi connectivity index (χ1v) is 6.77. The van der Waals surface area contributed by atoms with Crippen molar-refractivity contribution in [3.05, 3.63) is 42.0 Å². The first-order valence-electron chi connectivity index (χ1n) is 4.88. The van der Waals surface area contributed by atoms with Crippen LogP contribution in [0.25, 0.3) is 10.8 Å². The lowest BCUT2D eigenvalue weighted by Gasteiger charge is -2.27. The molecule has 0 aliphatic heterocycles. The maximum Gasteiger partial charge on any atom is 0.227 e. The van der Waals surface area contributed by atoms with E-state index in [-0.39, 0.29) is 5.75 Å². The van der Waals surface area contributed by atoms with E-state index in [2.05, 4.69) is 0 Å². The van der Waals surface area contributed by atoms with Crippen molar-refractivity contribution in [2.24, 2.45) is 0 Å². The molecule has 0 N–H and O–H groups in total. The topological polar surface area (TPSA) is 19.9 Å². The minimum atomic E-state index is -1.90. The Morgan fingerprint density at radius 1 is 0.889 bits per heavy atom. The van der Waals surface area contributed by atoms with Gasteiger partial charge in [0.25, 0.3) is 0 Å². The van der Waals surface area contributed by atoms with E-state index in [1.807, 2.05) is 0 Å². The molecule has 0 aliphatic carbocycles. The van der Waals surface area contributed by atoms with Crippen molar-refractivity contribution in [3.63, 3.8) is 0 Å². The van der Waals surface area contributed by atoms with Crippen molar-refractivity contribution >= 4 is 68.8 Å². The number of hydrogen-bond acceptors (Lipinski definition) is 0. The highest BCUT2D eigenvalue weighted by Gasteiger charge is 2.47. The van der Waals surface area contributed by atoms with Crippen molar-refractivity contribution in [2.75, 3.05) is 0 Å². The Labute approximate surface area is 129 Å². The van der Waals surface area contributed by atoms with E-state index in [4.69, 9.17) is 58.0 Å². The molecular weight excluding hydrogens is 337 g/mol. The van der Waals surface area contributed by atoms with Gasteiger partial charge in [-0.15, -0.1) is 0 Å². The van der Waals surface area contributed by atoms with Gasteiger partial charge < -0.3 is 0 Å². The highest BCUT2D eigenvalue weighted by molar-refractivity contribution is 6.75. The number of rotatable bonds is 1. The number of halogens is 5. The van der Waals surface area contributed by atoms with Crippen molar-refractivity contribution in [2.45, 2.75) is 8.13 Å². The summed E-state index contributed by atoms with van der Waals surface area (Å²) in [7, 11) is 0. The summed E-state index contributed by atoms with van der Waals surface area (Å²) >= 11 is 29.3. The van der Waals surface area contributed by atoms with Crippen LogP contribution in [0.1, 0.15) is 5.56 Å². The summed E-state index contributed by atoms with van der Waals surface area (Å²) in [6, 6.07) is 9.81. The highest BCUT2D eigenvalue weighted by Crippen LogP contribution is 2.53. The number of benzene rings is 2. The van der Waals surface area contributed by atoms with E-state index < -0.39 is 8.13 Å². The summed E-state index contributed by atoms with van der Waals surface area (Å²) in [5, 5.41) is 13.0. The maximum atomic E-state index is 11.7. The molecule has 95 valence electrons. The van der Waals surface area contributed by atoms with E-state index in [1.165, 1.54) is 6.07 Å². The first-order chi connectivity index (χ1) is 8.23. The van der Waals surface area contributed by atoms with Gasteiger partial charge in [0.15, 0.2) is 10.1 Å². The van der Waals surface area contributed by atoms with Gasteiger partial charge in [-0.25, -0.2) is 0 Å². The minimum Gasteiger partial charge on any atom is -0.289 e. The fourth-order valence-electron chi connectivity index (χ4n) is 1.60. The second kappa shape index (κ2) is 4.81. The van der Waals surface area contributed by atoms with Gasteiger partial charge in [-0.1, -0.05) is 82.3 Å². The Morgan fingerprint density at radius 2 is 1.56 bits per heavy atom.